The van der Waals surface area contributed by atoms with Gasteiger partial charge in [0.05, 0.1) is 0 Å². The van der Waals surface area contributed by atoms with Crippen molar-refractivity contribution < 1.29 is 39.5 Å². The second-order valence-corrected chi connectivity index (χ2v) is 7.09. The smallest absolute Gasteiger partial charge is 0.331 e. The van der Waals surface area contributed by atoms with Crippen LogP contribution in [0.2, 0.25) is 0 Å². The number of fused-ring (bicyclic) bond motifs is 1. The van der Waals surface area contributed by atoms with Crippen LogP contribution in [-0.2, 0) is 9.53 Å². The zero-order valence-electron chi connectivity index (χ0n) is 16.5. The molecule has 4 N–H and O–H groups in total. The van der Waals surface area contributed by atoms with E-state index < -0.39 is 29.7 Å². The third kappa shape index (κ3) is 4.06. The van der Waals surface area contributed by atoms with Crippen LogP contribution in [0, 0.1) is 0 Å². The van der Waals surface area contributed by atoms with Crippen LogP contribution < -0.4 is 4.74 Å². The molecule has 162 valence electrons. The highest BCUT2D eigenvalue weighted by Crippen LogP contribution is 2.42. The summed E-state index contributed by atoms with van der Waals surface area (Å²) < 4.78 is 11.3. The van der Waals surface area contributed by atoms with Crippen molar-refractivity contribution >= 4 is 17.8 Å². The maximum Gasteiger partial charge on any atom is 0.331 e. The van der Waals surface area contributed by atoms with Gasteiger partial charge in [-0.05, 0) is 29.3 Å². The van der Waals surface area contributed by atoms with E-state index in [1.54, 1.807) is 30.3 Å². The molecular formula is C24H18O8. The minimum absolute atomic E-state index is 0.0243. The first kappa shape index (κ1) is 20.8. The second kappa shape index (κ2) is 8.35. The van der Waals surface area contributed by atoms with Crippen LogP contribution in [0.4, 0.5) is 0 Å². The highest BCUT2D eigenvalue weighted by Gasteiger charge is 2.42. The van der Waals surface area contributed by atoms with Gasteiger partial charge in [0.15, 0.2) is 17.6 Å². The predicted molar refractivity (Wildman–Crippen MR) is 113 cm³/mol. The number of rotatable bonds is 4. The lowest BCUT2D eigenvalue weighted by molar-refractivity contribution is -0.145. The van der Waals surface area contributed by atoms with E-state index in [1.165, 1.54) is 30.3 Å². The molecule has 0 fully saturated rings. The maximum atomic E-state index is 13.1. The Kier molecular flexibility index (Phi) is 5.43. The number of carbonyl (C=O) groups excluding carboxylic acids is 2. The number of aromatic hydroxyl groups is 4. The van der Waals surface area contributed by atoms with Gasteiger partial charge >= 0.3 is 5.97 Å². The highest BCUT2D eigenvalue weighted by molar-refractivity contribution is 6.07. The first-order valence-electron chi connectivity index (χ1n) is 9.56. The molecule has 0 unspecified atom stereocenters. The Bertz CT molecular complexity index is 1220. The zero-order chi connectivity index (χ0) is 22.8. The van der Waals surface area contributed by atoms with Crippen LogP contribution in [-0.4, -0.2) is 38.3 Å². The fourth-order valence-corrected chi connectivity index (χ4v) is 3.38. The molecule has 0 saturated carbocycles. The van der Waals surface area contributed by atoms with Gasteiger partial charge in [0.25, 0.3) is 0 Å². The van der Waals surface area contributed by atoms with Crippen molar-refractivity contribution in [2.45, 2.75) is 12.2 Å². The van der Waals surface area contributed by atoms with Gasteiger partial charge in [-0.15, -0.1) is 0 Å². The Balaban J connectivity index is 1.64. The number of benzene rings is 3. The van der Waals surface area contributed by atoms with E-state index in [4.69, 9.17) is 9.47 Å². The van der Waals surface area contributed by atoms with Gasteiger partial charge < -0.3 is 29.9 Å². The van der Waals surface area contributed by atoms with E-state index in [0.29, 0.717) is 11.1 Å². The molecule has 1 aliphatic rings. The van der Waals surface area contributed by atoms with Gasteiger partial charge in [0, 0.05) is 18.2 Å². The first-order chi connectivity index (χ1) is 15.3. The van der Waals surface area contributed by atoms with Gasteiger partial charge in [0.2, 0.25) is 11.9 Å². The number of phenolic OH excluding ortho intramolecular Hbond substituents is 4. The molecule has 0 aliphatic carbocycles. The number of Topliss-reactive ketones (excluding diaryl/α,β-unsaturated/α-hetero) is 1. The van der Waals surface area contributed by atoms with E-state index in [9.17, 15) is 30.0 Å². The van der Waals surface area contributed by atoms with Gasteiger partial charge in [0.1, 0.15) is 22.8 Å². The molecule has 2 atom stereocenters. The molecule has 4 rings (SSSR count). The SMILES string of the molecule is O=C(C=Cc1ccc(O)c(O)c1)O[C@@H]1C(=O)c2c(O)cc(O)cc2O[C@H]1c1ccccc1. The largest absolute Gasteiger partial charge is 0.508 e. The average Bonchev–Trinajstić information content (AvgIpc) is 2.76. The number of esters is 1. The summed E-state index contributed by atoms with van der Waals surface area (Å²) in [5, 5.41) is 38.8. The molecule has 8 heteroatoms. The molecule has 1 heterocycles. The Morgan fingerprint density at radius 2 is 1.66 bits per heavy atom. The lowest BCUT2D eigenvalue weighted by Crippen LogP contribution is -2.39. The van der Waals surface area contributed by atoms with Crippen molar-refractivity contribution in [3.8, 4) is 28.7 Å². The Morgan fingerprint density at radius 3 is 2.38 bits per heavy atom. The minimum Gasteiger partial charge on any atom is -0.508 e. The lowest BCUT2D eigenvalue weighted by Gasteiger charge is -2.32. The second-order valence-electron chi connectivity index (χ2n) is 7.09. The molecule has 0 bridgehead atoms. The lowest BCUT2D eigenvalue weighted by atomic mass is 9.92. The number of hydrogen-bond donors (Lipinski definition) is 4. The van der Waals surface area contributed by atoms with Crippen molar-refractivity contribution in [2.75, 3.05) is 0 Å². The first-order valence-corrected chi connectivity index (χ1v) is 9.56. The summed E-state index contributed by atoms with van der Waals surface area (Å²) in [6.45, 7) is 0. The van der Waals surface area contributed by atoms with Crippen LogP contribution in [0.5, 0.6) is 28.7 Å². The molecule has 0 aromatic heterocycles. The van der Waals surface area contributed by atoms with Crippen LogP contribution in [0.15, 0.2) is 66.7 Å². The summed E-state index contributed by atoms with van der Waals surface area (Å²) in [6, 6.07) is 14.8. The van der Waals surface area contributed by atoms with Crippen LogP contribution in [0.1, 0.15) is 27.6 Å². The number of ketones is 1. The van der Waals surface area contributed by atoms with E-state index in [1.807, 2.05) is 0 Å². The number of hydrogen-bond acceptors (Lipinski definition) is 8. The molecule has 0 spiro atoms. The summed E-state index contributed by atoms with van der Waals surface area (Å²) in [5.74, 6) is -2.99. The van der Waals surface area contributed by atoms with Crippen molar-refractivity contribution in [2.24, 2.45) is 0 Å². The van der Waals surface area contributed by atoms with E-state index in [-0.39, 0.29) is 28.6 Å². The van der Waals surface area contributed by atoms with Crippen LogP contribution in [0.25, 0.3) is 6.08 Å². The molecule has 1 aliphatic heterocycles. The summed E-state index contributed by atoms with van der Waals surface area (Å²) in [4.78, 5) is 25.6. The third-order valence-electron chi connectivity index (χ3n) is 4.88. The molecule has 0 saturated heterocycles. The molecule has 8 nitrogen and oxygen atoms in total. The number of carbonyl (C=O) groups is 2. The highest BCUT2D eigenvalue weighted by atomic mass is 16.6. The zero-order valence-corrected chi connectivity index (χ0v) is 16.5. The van der Waals surface area contributed by atoms with Gasteiger partial charge in [-0.25, -0.2) is 4.79 Å². The summed E-state index contributed by atoms with van der Waals surface area (Å²) >= 11 is 0. The standard InChI is InChI=1S/C24H18O8/c25-15-11-18(28)21-19(12-15)31-23(14-4-2-1-3-5-14)24(22(21)30)32-20(29)9-7-13-6-8-16(26)17(27)10-13/h1-12,23-28H/t23-,24+/m0/s1. The van der Waals surface area contributed by atoms with E-state index >= 15 is 0 Å². The van der Waals surface area contributed by atoms with Crippen molar-refractivity contribution in [1.82, 2.24) is 0 Å². The Morgan fingerprint density at radius 1 is 0.906 bits per heavy atom. The van der Waals surface area contributed by atoms with Crippen molar-refractivity contribution in [3.63, 3.8) is 0 Å². The van der Waals surface area contributed by atoms with Crippen LogP contribution in [0.3, 0.4) is 0 Å². The van der Waals surface area contributed by atoms with Gasteiger partial charge in [-0.1, -0.05) is 36.4 Å². The van der Waals surface area contributed by atoms with E-state index in [2.05, 4.69) is 0 Å². The van der Waals surface area contributed by atoms with Crippen molar-refractivity contribution in [1.29, 1.82) is 0 Å². The quantitative estimate of drug-likeness (QED) is 0.279. The average molecular weight is 434 g/mol. The number of ether oxygens (including phenoxy) is 2. The summed E-state index contributed by atoms with van der Waals surface area (Å²) in [5.41, 5.74) is 0.779. The topological polar surface area (TPSA) is 134 Å². The van der Waals surface area contributed by atoms with Crippen LogP contribution >= 0.6 is 0 Å². The molecule has 3 aromatic rings. The molecule has 3 aromatic carbocycles. The molecule has 0 amide bonds. The van der Waals surface area contributed by atoms with Gasteiger partial charge in [-0.2, -0.15) is 0 Å². The van der Waals surface area contributed by atoms with Gasteiger partial charge in [-0.3, -0.25) is 4.79 Å². The Labute approximate surface area is 182 Å². The summed E-state index contributed by atoms with van der Waals surface area (Å²) in [7, 11) is 0. The molecule has 0 radical (unpaired) electrons. The molecule has 32 heavy (non-hydrogen) atoms. The van der Waals surface area contributed by atoms with E-state index in [0.717, 1.165) is 12.1 Å². The number of phenols is 4. The fraction of sp³-hybridized carbons (Fsp3) is 0.0833. The predicted octanol–water partition coefficient (Wildman–Crippen LogP) is 3.45. The third-order valence-corrected chi connectivity index (χ3v) is 4.88. The normalized spacial score (nSPS) is 17.6. The maximum absolute atomic E-state index is 13.1. The Hall–Kier alpha value is -4.46. The fourth-order valence-electron chi connectivity index (χ4n) is 3.38. The monoisotopic (exact) mass is 434 g/mol. The molecular weight excluding hydrogens is 416 g/mol. The summed E-state index contributed by atoms with van der Waals surface area (Å²) in [6.07, 6.45) is 0.00227. The minimum atomic E-state index is -1.40. The van der Waals surface area contributed by atoms with Crippen molar-refractivity contribution in [3.05, 3.63) is 83.4 Å².